The first-order valence-corrected chi connectivity index (χ1v) is 9.07. The number of rotatable bonds is 15. The van der Waals surface area contributed by atoms with Crippen molar-refractivity contribution < 1.29 is 125 Å². The van der Waals surface area contributed by atoms with Crippen LogP contribution in [0.5, 0.6) is 0 Å². The van der Waals surface area contributed by atoms with E-state index in [1.807, 2.05) is 4.74 Å². The molecule has 0 aliphatic carbocycles. The molecule has 0 fully saturated rings. The number of hydrogen-bond acceptors (Lipinski definition) is 5. The van der Waals surface area contributed by atoms with E-state index >= 15 is 0 Å². The van der Waals surface area contributed by atoms with Crippen LogP contribution in [0.2, 0.25) is 0 Å². The Balaban J connectivity index is 6.36. The topological polar surface area (TPSA) is 54.0 Å². The molecule has 0 saturated heterocycles. The average molecular weight is 702 g/mol. The van der Waals surface area contributed by atoms with Gasteiger partial charge in [-0.1, -0.05) is 6.58 Å². The van der Waals surface area contributed by atoms with Crippen LogP contribution < -0.4 is 0 Å². The van der Waals surface area contributed by atoms with Gasteiger partial charge in [0.1, 0.15) is 0 Å². The van der Waals surface area contributed by atoms with Gasteiger partial charge in [0.15, 0.2) is 6.61 Å². The van der Waals surface area contributed by atoms with Gasteiger partial charge in [0.25, 0.3) is 0 Å². The lowest BCUT2D eigenvalue weighted by Gasteiger charge is -2.40. The molecule has 43 heavy (non-hydrogen) atoms. The SMILES string of the molecule is C=CC(=O)OCC(F)(F)OC(F)(F)C(F)(F)OC(F)(F)C(F)(F)OC(F)(F)C(F)(F)C(F)(F)C(F)(F)C(F)(F)C(F)(F)F. The Morgan fingerprint density at radius 3 is 1.09 bits per heavy atom. The molecule has 0 saturated carbocycles. The lowest BCUT2D eigenvalue weighted by atomic mass is 9.97. The fourth-order valence-corrected chi connectivity index (χ4v) is 1.81. The predicted molar refractivity (Wildman–Crippen MR) is 79.9 cm³/mol. The van der Waals surface area contributed by atoms with Crippen LogP contribution in [-0.2, 0) is 23.7 Å². The molecule has 0 aromatic heterocycles. The van der Waals surface area contributed by atoms with Crippen molar-refractivity contribution in [3.63, 3.8) is 0 Å². The second-order valence-electron chi connectivity index (χ2n) is 7.13. The van der Waals surface area contributed by atoms with Gasteiger partial charge in [0.05, 0.1) is 0 Å². The van der Waals surface area contributed by atoms with Crippen molar-refractivity contribution in [1.29, 1.82) is 0 Å². The predicted octanol–water partition coefficient (Wildman–Crippen LogP) is 7.43. The minimum atomic E-state index is -8.93. The van der Waals surface area contributed by atoms with Gasteiger partial charge in [-0.05, 0) is 0 Å². The zero-order chi connectivity index (χ0) is 35.3. The smallest absolute Gasteiger partial charge is 0.453 e. The van der Waals surface area contributed by atoms with Crippen LogP contribution in [0.4, 0.5) is 101 Å². The zero-order valence-electron chi connectivity index (χ0n) is 18.7. The molecule has 0 aromatic rings. The monoisotopic (exact) mass is 702 g/mol. The molecule has 0 N–H and O–H groups in total. The third kappa shape index (κ3) is 7.42. The maximum absolute atomic E-state index is 13.3. The minimum Gasteiger partial charge on any atom is -0.453 e. The van der Waals surface area contributed by atoms with Crippen LogP contribution in [0.1, 0.15) is 0 Å². The summed E-state index contributed by atoms with van der Waals surface area (Å²) in [5.41, 5.74) is 0. The zero-order valence-corrected chi connectivity index (χ0v) is 18.7. The number of esters is 1. The van der Waals surface area contributed by atoms with E-state index in [9.17, 15) is 106 Å². The maximum atomic E-state index is 13.3. The highest BCUT2D eigenvalue weighted by Gasteiger charge is 2.92. The van der Waals surface area contributed by atoms with Gasteiger partial charge in [-0.25, -0.2) is 19.0 Å². The molecule has 0 radical (unpaired) electrons. The highest BCUT2D eigenvalue weighted by Crippen LogP contribution is 2.61. The molecule has 0 spiro atoms. The van der Waals surface area contributed by atoms with Crippen LogP contribution in [0, 0.1) is 0 Å². The molecule has 0 heterocycles. The lowest BCUT2D eigenvalue weighted by molar-refractivity contribution is -0.570. The van der Waals surface area contributed by atoms with E-state index in [2.05, 4.69) is 11.3 Å². The van der Waals surface area contributed by atoms with Crippen molar-refractivity contribution in [3.8, 4) is 0 Å². The quantitative estimate of drug-likeness (QED) is 0.101. The number of ether oxygens (including phenoxy) is 4. The van der Waals surface area contributed by atoms with Crippen LogP contribution in [0.3, 0.4) is 0 Å². The molecular weight excluding hydrogens is 697 g/mol. The van der Waals surface area contributed by atoms with Gasteiger partial charge in [0, 0.05) is 6.08 Å². The fraction of sp³-hybridized carbons (Fsp3) is 0.800. The van der Waals surface area contributed by atoms with Gasteiger partial charge in [-0.2, -0.15) is 101 Å². The number of carbonyl (C=O) groups is 1. The van der Waals surface area contributed by atoms with E-state index in [4.69, 9.17) is 0 Å². The molecule has 0 aliphatic rings. The molecule has 0 aliphatic heterocycles. The van der Waals surface area contributed by atoms with Gasteiger partial charge < -0.3 is 4.74 Å². The number of hydrogen-bond donors (Lipinski definition) is 0. The summed E-state index contributed by atoms with van der Waals surface area (Å²) in [4.78, 5) is 10.5. The first kappa shape index (κ1) is 40.5. The molecule has 0 amide bonds. The van der Waals surface area contributed by atoms with Crippen molar-refractivity contribution in [2.75, 3.05) is 6.61 Å². The fourth-order valence-electron chi connectivity index (χ4n) is 1.81. The highest BCUT2D eigenvalue weighted by atomic mass is 19.4. The summed E-state index contributed by atoms with van der Waals surface area (Å²) in [5, 5.41) is 0. The Kier molecular flexibility index (Phi) is 10.5. The molecule has 0 aromatic carbocycles. The van der Waals surface area contributed by atoms with Crippen molar-refractivity contribution in [2.45, 2.75) is 66.5 Å². The van der Waals surface area contributed by atoms with Crippen LogP contribution in [0.15, 0.2) is 12.7 Å². The molecule has 28 heteroatoms. The van der Waals surface area contributed by atoms with Crippen LogP contribution in [0.25, 0.3) is 0 Å². The van der Waals surface area contributed by atoms with Gasteiger partial charge in [-0.15, -0.1) is 0 Å². The Bertz CT molecular complexity index is 1020. The van der Waals surface area contributed by atoms with Crippen molar-refractivity contribution >= 4 is 5.97 Å². The molecule has 5 nitrogen and oxygen atoms in total. The second-order valence-corrected chi connectivity index (χ2v) is 7.13. The summed E-state index contributed by atoms with van der Waals surface area (Å²) >= 11 is 0. The number of alkyl halides is 23. The standard InChI is InChI=1S/C15H5F23O5/c1-2-4(39)40-3-5(16,17)41-12(31,32)13(33,34)43-15(37,38)14(35,36)42-11(29,30)9(24,25)7(20,21)6(18,19)8(22,23)10(26,27)28/h2H,1,3H2. The molecule has 0 bridgehead atoms. The second kappa shape index (κ2) is 11.1. The van der Waals surface area contributed by atoms with E-state index in [1.165, 1.54) is 4.74 Å². The molecule has 0 unspecified atom stereocenters. The van der Waals surface area contributed by atoms with E-state index in [1.54, 1.807) is 0 Å². The molecule has 0 atom stereocenters. The number of carbonyl (C=O) groups excluding carboxylic acids is 1. The van der Waals surface area contributed by atoms with Crippen molar-refractivity contribution in [3.05, 3.63) is 12.7 Å². The Labute approximate surface area is 218 Å². The average Bonchev–Trinajstić information content (AvgIpc) is 2.73. The van der Waals surface area contributed by atoms with E-state index in [0.29, 0.717) is 0 Å². The number of halogens is 23. The summed E-state index contributed by atoms with van der Waals surface area (Å²) in [6.45, 7) is -0.260. The van der Waals surface area contributed by atoms with E-state index in [0.717, 1.165) is 4.74 Å². The summed E-state index contributed by atoms with van der Waals surface area (Å²) in [6.07, 6.45) is -53.8. The lowest BCUT2D eigenvalue weighted by Crippen LogP contribution is -2.71. The van der Waals surface area contributed by atoms with Crippen LogP contribution in [-0.4, -0.2) is 79.1 Å². The third-order valence-corrected chi connectivity index (χ3v) is 3.92. The van der Waals surface area contributed by atoms with Crippen LogP contribution >= 0.6 is 0 Å². The summed E-state index contributed by atoms with van der Waals surface area (Å²) in [5.74, 6) is -36.9. The van der Waals surface area contributed by atoms with Crippen molar-refractivity contribution in [2.24, 2.45) is 0 Å². The Hall–Kier alpha value is -2.52. The molecular formula is C15H5F23O5. The van der Waals surface area contributed by atoms with Gasteiger partial charge in [-0.3, -0.25) is 0 Å². The first-order chi connectivity index (χ1) is 18.3. The summed E-state index contributed by atoms with van der Waals surface area (Å²) < 4.78 is 307. The molecule has 256 valence electrons. The van der Waals surface area contributed by atoms with Crippen molar-refractivity contribution in [1.82, 2.24) is 0 Å². The van der Waals surface area contributed by atoms with E-state index in [-0.39, 0.29) is 6.08 Å². The van der Waals surface area contributed by atoms with Gasteiger partial charge in [0.2, 0.25) is 0 Å². The Morgan fingerprint density at radius 2 is 0.767 bits per heavy atom. The third-order valence-electron chi connectivity index (χ3n) is 3.92. The minimum absolute atomic E-state index is 0.0206. The van der Waals surface area contributed by atoms with E-state index < -0.39 is 79.1 Å². The summed E-state index contributed by atoms with van der Waals surface area (Å²) in [7, 11) is 0. The highest BCUT2D eigenvalue weighted by molar-refractivity contribution is 5.81. The Morgan fingerprint density at radius 1 is 0.465 bits per heavy atom. The first-order valence-electron chi connectivity index (χ1n) is 9.07. The molecule has 0 rings (SSSR count). The maximum Gasteiger partial charge on any atom is 0.460 e. The summed E-state index contributed by atoms with van der Waals surface area (Å²) in [6, 6.07) is 0. The largest absolute Gasteiger partial charge is 0.460 e. The van der Waals surface area contributed by atoms with Gasteiger partial charge >= 0.3 is 72.5 Å². The normalized spacial score (nSPS) is 15.9.